The van der Waals surface area contributed by atoms with Gasteiger partial charge < -0.3 is 5.11 Å². The quantitative estimate of drug-likeness (QED) is 0.924. The van der Waals surface area contributed by atoms with E-state index in [9.17, 15) is 5.11 Å². The van der Waals surface area contributed by atoms with Crippen molar-refractivity contribution in [1.29, 1.82) is 0 Å². The standard InChI is InChI=1S/C16H26N2OS/c1-12(19)13-6-8-18(9-7-13)11-15-10-17-16(20-15)14-4-2-3-5-14/h10,12-14,19H,2-9,11H2,1H3. The SMILES string of the molecule is CC(O)C1CCN(Cc2cnc(C3CCCC3)s2)CC1. The van der Waals surface area contributed by atoms with Crippen molar-refractivity contribution in [3.8, 4) is 0 Å². The Morgan fingerprint density at radius 1 is 1.30 bits per heavy atom. The molecule has 4 heteroatoms. The molecule has 1 saturated carbocycles. The zero-order valence-electron chi connectivity index (χ0n) is 12.4. The molecule has 3 nitrogen and oxygen atoms in total. The van der Waals surface area contributed by atoms with Crippen molar-refractivity contribution in [2.75, 3.05) is 13.1 Å². The Morgan fingerprint density at radius 2 is 2.00 bits per heavy atom. The Morgan fingerprint density at radius 3 is 2.65 bits per heavy atom. The molecule has 1 aliphatic heterocycles. The van der Waals surface area contributed by atoms with Crippen LogP contribution in [0.25, 0.3) is 0 Å². The lowest BCUT2D eigenvalue weighted by Gasteiger charge is -2.32. The lowest BCUT2D eigenvalue weighted by molar-refractivity contribution is 0.0698. The summed E-state index contributed by atoms with van der Waals surface area (Å²) in [7, 11) is 0. The van der Waals surface area contributed by atoms with Crippen LogP contribution in [0.5, 0.6) is 0 Å². The highest BCUT2D eigenvalue weighted by molar-refractivity contribution is 7.11. The van der Waals surface area contributed by atoms with Crippen molar-refractivity contribution in [3.05, 3.63) is 16.1 Å². The Kier molecular flexibility index (Phi) is 4.74. The van der Waals surface area contributed by atoms with Gasteiger partial charge in [0.15, 0.2) is 0 Å². The first-order chi connectivity index (χ1) is 9.72. The van der Waals surface area contributed by atoms with E-state index < -0.39 is 0 Å². The molecule has 20 heavy (non-hydrogen) atoms. The highest BCUT2D eigenvalue weighted by atomic mass is 32.1. The summed E-state index contributed by atoms with van der Waals surface area (Å²) in [5, 5.41) is 11.0. The number of nitrogens with zero attached hydrogens (tertiary/aromatic N) is 2. The topological polar surface area (TPSA) is 36.4 Å². The second-order valence-corrected chi connectivity index (χ2v) is 7.65. The Labute approximate surface area is 126 Å². The number of rotatable bonds is 4. The average molecular weight is 294 g/mol. The number of hydrogen-bond acceptors (Lipinski definition) is 4. The molecule has 2 fully saturated rings. The van der Waals surface area contributed by atoms with Crippen LogP contribution in [0.3, 0.4) is 0 Å². The molecule has 1 saturated heterocycles. The highest BCUT2D eigenvalue weighted by Gasteiger charge is 2.24. The summed E-state index contributed by atoms with van der Waals surface area (Å²) in [6.07, 6.45) is 9.66. The Balaban J connectivity index is 1.51. The first-order valence-electron chi connectivity index (χ1n) is 8.07. The third-order valence-corrected chi connectivity index (χ3v) is 6.11. The van der Waals surface area contributed by atoms with Crippen molar-refractivity contribution in [2.24, 2.45) is 5.92 Å². The fourth-order valence-electron chi connectivity index (χ4n) is 3.57. The van der Waals surface area contributed by atoms with Crippen LogP contribution in [0, 0.1) is 5.92 Å². The summed E-state index contributed by atoms with van der Waals surface area (Å²) in [5.74, 6) is 1.25. The maximum Gasteiger partial charge on any atom is 0.0959 e. The zero-order valence-corrected chi connectivity index (χ0v) is 13.2. The number of hydrogen-bond donors (Lipinski definition) is 1. The van der Waals surface area contributed by atoms with Crippen molar-refractivity contribution >= 4 is 11.3 Å². The summed E-state index contributed by atoms with van der Waals surface area (Å²) in [6.45, 7) is 5.22. The summed E-state index contributed by atoms with van der Waals surface area (Å²) < 4.78 is 0. The molecule has 1 aromatic heterocycles. The van der Waals surface area contributed by atoms with Crippen LogP contribution < -0.4 is 0 Å². The van der Waals surface area contributed by atoms with Gasteiger partial charge in [0.25, 0.3) is 0 Å². The number of aromatic nitrogens is 1. The summed E-state index contributed by atoms with van der Waals surface area (Å²) in [5.41, 5.74) is 0. The van der Waals surface area contributed by atoms with Gasteiger partial charge in [0, 0.05) is 23.5 Å². The first kappa shape index (κ1) is 14.5. The van der Waals surface area contributed by atoms with Crippen molar-refractivity contribution in [1.82, 2.24) is 9.88 Å². The van der Waals surface area contributed by atoms with Crippen LogP contribution in [0.4, 0.5) is 0 Å². The van der Waals surface area contributed by atoms with Crippen LogP contribution in [0.15, 0.2) is 6.20 Å². The molecule has 0 amide bonds. The molecule has 1 aliphatic carbocycles. The maximum atomic E-state index is 9.65. The molecule has 2 aliphatic rings. The number of piperidine rings is 1. The van der Waals surface area contributed by atoms with Crippen molar-refractivity contribution < 1.29 is 5.11 Å². The average Bonchev–Trinajstić information content (AvgIpc) is 3.09. The van der Waals surface area contributed by atoms with E-state index in [1.807, 2.05) is 18.3 Å². The normalized spacial score (nSPS) is 24.3. The van der Waals surface area contributed by atoms with E-state index in [0.29, 0.717) is 5.92 Å². The smallest absolute Gasteiger partial charge is 0.0959 e. The van der Waals surface area contributed by atoms with Gasteiger partial charge in [-0.1, -0.05) is 12.8 Å². The third-order valence-electron chi connectivity index (χ3n) is 4.97. The van der Waals surface area contributed by atoms with Gasteiger partial charge in [-0.2, -0.15) is 0 Å². The van der Waals surface area contributed by atoms with Crippen LogP contribution >= 0.6 is 11.3 Å². The molecule has 3 rings (SSSR count). The van der Waals surface area contributed by atoms with Gasteiger partial charge in [0.05, 0.1) is 11.1 Å². The van der Waals surface area contributed by atoms with Crippen LogP contribution in [0.1, 0.15) is 61.3 Å². The Bertz CT molecular complexity index is 418. The van der Waals surface area contributed by atoms with E-state index in [2.05, 4.69) is 16.1 Å². The maximum absolute atomic E-state index is 9.65. The fraction of sp³-hybridized carbons (Fsp3) is 0.812. The molecule has 1 atom stereocenters. The molecular formula is C16H26N2OS. The lowest BCUT2D eigenvalue weighted by atomic mass is 9.92. The van der Waals surface area contributed by atoms with E-state index in [4.69, 9.17) is 0 Å². The van der Waals surface area contributed by atoms with E-state index in [-0.39, 0.29) is 6.10 Å². The monoisotopic (exact) mass is 294 g/mol. The zero-order chi connectivity index (χ0) is 13.9. The molecule has 0 bridgehead atoms. The van der Waals surface area contributed by atoms with E-state index in [1.54, 1.807) is 0 Å². The molecule has 1 aromatic rings. The number of likely N-dealkylation sites (tertiary alicyclic amines) is 1. The first-order valence-corrected chi connectivity index (χ1v) is 8.89. The fourth-order valence-corrected chi connectivity index (χ4v) is 4.70. The molecule has 0 aromatic carbocycles. The lowest BCUT2D eigenvalue weighted by Crippen LogP contribution is -2.36. The van der Waals surface area contributed by atoms with Crippen LogP contribution in [0.2, 0.25) is 0 Å². The van der Waals surface area contributed by atoms with Gasteiger partial charge in [0.2, 0.25) is 0 Å². The number of aliphatic hydroxyl groups is 1. The van der Waals surface area contributed by atoms with Gasteiger partial charge in [0.1, 0.15) is 0 Å². The van der Waals surface area contributed by atoms with E-state index >= 15 is 0 Å². The minimum absolute atomic E-state index is 0.144. The van der Waals surface area contributed by atoms with Gasteiger partial charge in [-0.3, -0.25) is 4.90 Å². The van der Waals surface area contributed by atoms with E-state index in [0.717, 1.165) is 38.4 Å². The minimum Gasteiger partial charge on any atom is -0.393 e. The molecular weight excluding hydrogens is 268 g/mol. The molecule has 0 spiro atoms. The predicted octanol–water partition coefficient (Wildman–Crippen LogP) is 3.39. The highest BCUT2D eigenvalue weighted by Crippen LogP contribution is 2.36. The molecule has 2 heterocycles. The van der Waals surface area contributed by atoms with E-state index in [1.165, 1.54) is 35.6 Å². The third kappa shape index (κ3) is 3.41. The van der Waals surface area contributed by atoms with Gasteiger partial charge in [-0.15, -0.1) is 11.3 Å². The van der Waals surface area contributed by atoms with Gasteiger partial charge in [-0.05, 0) is 51.6 Å². The second kappa shape index (κ2) is 6.54. The Hall–Kier alpha value is -0.450. The van der Waals surface area contributed by atoms with Crippen molar-refractivity contribution in [3.63, 3.8) is 0 Å². The van der Waals surface area contributed by atoms with Crippen molar-refractivity contribution in [2.45, 2.75) is 64.0 Å². The minimum atomic E-state index is -0.144. The second-order valence-electron chi connectivity index (χ2n) is 6.50. The number of aliphatic hydroxyl groups excluding tert-OH is 1. The molecule has 1 unspecified atom stereocenters. The summed E-state index contributed by atoms with van der Waals surface area (Å²) in [4.78, 5) is 8.60. The molecule has 0 radical (unpaired) electrons. The van der Waals surface area contributed by atoms with Gasteiger partial charge >= 0.3 is 0 Å². The largest absolute Gasteiger partial charge is 0.393 e. The summed E-state index contributed by atoms with van der Waals surface area (Å²) in [6, 6.07) is 0. The molecule has 1 N–H and O–H groups in total. The van der Waals surface area contributed by atoms with Gasteiger partial charge in [-0.25, -0.2) is 4.98 Å². The van der Waals surface area contributed by atoms with Crippen LogP contribution in [-0.4, -0.2) is 34.2 Å². The van der Waals surface area contributed by atoms with Crippen LogP contribution in [-0.2, 0) is 6.54 Å². The molecule has 112 valence electrons. The summed E-state index contributed by atoms with van der Waals surface area (Å²) >= 11 is 1.93. The number of thiazole rings is 1. The predicted molar refractivity (Wildman–Crippen MR) is 83.0 cm³/mol.